The highest BCUT2D eigenvalue weighted by atomic mass is 16.5. The van der Waals surface area contributed by atoms with E-state index in [-0.39, 0.29) is 17.8 Å². The first kappa shape index (κ1) is 23.4. The molecule has 2 unspecified atom stereocenters. The first-order valence-electron chi connectivity index (χ1n) is 11.6. The average Bonchev–Trinajstić information content (AvgIpc) is 3.17. The number of hydrogen-bond donors (Lipinski definition) is 1. The lowest BCUT2D eigenvalue weighted by molar-refractivity contribution is -0.145. The Morgan fingerprint density at radius 2 is 1.97 bits per heavy atom. The van der Waals surface area contributed by atoms with Gasteiger partial charge in [0, 0.05) is 58.5 Å². The minimum Gasteiger partial charge on any atom is -0.469 e. The van der Waals surface area contributed by atoms with Crippen LogP contribution in [0.5, 0.6) is 0 Å². The number of nitrogens with zero attached hydrogens (tertiary/aromatic N) is 4. The number of nitrogens with one attached hydrogen (secondary N) is 1. The second-order valence-corrected chi connectivity index (χ2v) is 8.86. The molecule has 1 aromatic carbocycles. The second-order valence-electron chi connectivity index (χ2n) is 8.86. The van der Waals surface area contributed by atoms with Gasteiger partial charge in [0.25, 0.3) is 0 Å². The van der Waals surface area contributed by atoms with E-state index in [1.807, 2.05) is 7.05 Å². The maximum atomic E-state index is 11.9. The van der Waals surface area contributed by atoms with Crippen LogP contribution in [-0.2, 0) is 9.53 Å². The largest absolute Gasteiger partial charge is 0.469 e. The van der Waals surface area contributed by atoms with E-state index in [1.54, 1.807) is 0 Å². The molecule has 1 aromatic rings. The van der Waals surface area contributed by atoms with E-state index >= 15 is 0 Å². The monoisotopic (exact) mass is 429 g/mol. The number of esters is 1. The first-order chi connectivity index (χ1) is 15.0. The van der Waals surface area contributed by atoms with Crippen LogP contribution in [0.2, 0.25) is 0 Å². The van der Waals surface area contributed by atoms with E-state index in [1.165, 1.54) is 24.8 Å². The Morgan fingerprint density at radius 1 is 1.19 bits per heavy atom. The summed E-state index contributed by atoms with van der Waals surface area (Å²) < 4.78 is 4.94. The third kappa shape index (κ3) is 6.35. The summed E-state index contributed by atoms with van der Waals surface area (Å²) in [4.78, 5) is 23.6. The van der Waals surface area contributed by atoms with Crippen LogP contribution < -0.4 is 10.2 Å². The quantitative estimate of drug-likeness (QED) is 0.310. The number of piperazine rings is 1. The van der Waals surface area contributed by atoms with Crippen molar-refractivity contribution in [3.63, 3.8) is 0 Å². The summed E-state index contributed by atoms with van der Waals surface area (Å²) in [5.74, 6) is 0.990. The average molecular weight is 430 g/mol. The highest BCUT2D eigenvalue weighted by Crippen LogP contribution is 2.24. The van der Waals surface area contributed by atoms with Crippen LogP contribution in [0.4, 0.5) is 5.69 Å². The van der Waals surface area contributed by atoms with Crippen molar-refractivity contribution in [2.45, 2.75) is 26.7 Å². The molecule has 172 valence electrons. The number of likely N-dealkylation sites (tertiary alicyclic amines) is 1. The molecule has 2 atom stereocenters. The van der Waals surface area contributed by atoms with Crippen molar-refractivity contribution in [1.29, 1.82) is 0 Å². The number of carbonyl (C=O) groups is 1. The van der Waals surface area contributed by atoms with Gasteiger partial charge in [0.1, 0.15) is 0 Å². The number of aliphatic imine (C=N–C) groups is 1. The number of guanidine groups is 1. The van der Waals surface area contributed by atoms with E-state index in [9.17, 15) is 4.79 Å². The molecule has 2 aliphatic rings. The van der Waals surface area contributed by atoms with Gasteiger partial charge in [0.05, 0.1) is 13.0 Å². The van der Waals surface area contributed by atoms with Crippen molar-refractivity contribution in [3.8, 4) is 0 Å². The fourth-order valence-corrected chi connectivity index (χ4v) is 4.65. The van der Waals surface area contributed by atoms with Crippen LogP contribution in [0, 0.1) is 18.8 Å². The molecule has 31 heavy (non-hydrogen) atoms. The smallest absolute Gasteiger partial charge is 0.310 e. The van der Waals surface area contributed by atoms with Gasteiger partial charge in [-0.25, -0.2) is 0 Å². The Morgan fingerprint density at radius 3 is 2.65 bits per heavy atom. The van der Waals surface area contributed by atoms with Gasteiger partial charge in [-0.05, 0) is 49.9 Å². The summed E-state index contributed by atoms with van der Waals surface area (Å²) in [7, 11) is 3.28. The van der Waals surface area contributed by atoms with E-state index in [2.05, 4.69) is 63.1 Å². The number of ether oxygens (including phenoxy) is 1. The van der Waals surface area contributed by atoms with Gasteiger partial charge in [-0.15, -0.1) is 0 Å². The predicted octanol–water partition coefficient (Wildman–Crippen LogP) is 2.21. The summed E-state index contributed by atoms with van der Waals surface area (Å²) in [5.41, 5.74) is 2.67. The van der Waals surface area contributed by atoms with Gasteiger partial charge in [0.2, 0.25) is 0 Å². The molecule has 7 heteroatoms. The lowest BCUT2D eigenvalue weighted by Crippen LogP contribution is -2.46. The Balaban J connectivity index is 1.32. The molecule has 2 fully saturated rings. The molecule has 0 saturated carbocycles. The van der Waals surface area contributed by atoms with E-state index in [0.29, 0.717) is 6.54 Å². The number of hydrogen-bond acceptors (Lipinski definition) is 5. The predicted molar refractivity (Wildman–Crippen MR) is 127 cm³/mol. The maximum absolute atomic E-state index is 11.9. The lowest BCUT2D eigenvalue weighted by Gasteiger charge is -2.36. The highest BCUT2D eigenvalue weighted by Gasteiger charge is 2.36. The molecular weight excluding hydrogens is 390 g/mol. The first-order valence-corrected chi connectivity index (χ1v) is 11.6. The van der Waals surface area contributed by atoms with Crippen molar-refractivity contribution in [3.05, 3.63) is 29.8 Å². The molecule has 3 rings (SSSR count). The van der Waals surface area contributed by atoms with E-state index in [4.69, 9.17) is 4.74 Å². The number of unbranched alkanes of at least 4 members (excludes halogenated alkanes) is 1. The van der Waals surface area contributed by atoms with Crippen molar-refractivity contribution in [2.75, 3.05) is 71.4 Å². The lowest BCUT2D eigenvalue weighted by atomic mass is 9.99. The minimum atomic E-state index is -0.118. The van der Waals surface area contributed by atoms with Crippen molar-refractivity contribution >= 4 is 17.6 Å². The van der Waals surface area contributed by atoms with Gasteiger partial charge in [0.15, 0.2) is 5.96 Å². The summed E-state index contributed by atoms with van der Waals surface area (Å²) in [6.45, 7) is 12.3. The summed E-state index contributed by atoms with van der Waals surface area (Å²) >= 11 is 0. The fourth-order valence-electron chi connectivity index (χ4n) is 4.65. The summed E-state index contributed by atoms with van der Waals surface area (Å²) in [6, 6.07) is 8.80. The number of rotatable bonds is 7. The van der Waals surface area contributed by atoms with Gasteiger partial charge >= 0.3 is 5.97 Å². The van der Waals surface area contributed by atoms with Crippen molar-refractivity contribution in [1.82, 2.24) is 15.1 Å². The number of benzene rings is 1. The maximum Gasteiger partial charge on any atom is 0.310 e. The highest BCUT2D eigenvalue weighted by molar-refractivity contribution is 5.82. The SMILES string of the molecule is CN=C(NCCCCN1CCN(c2cccc(C)c2)CC1)N1CC(C)C(C(=O)OC)C1. The van der Waals surface area contributed by atoms with Gasteiger partial charge in [-0.2, -0.15) is 0 Å². The summed E-state index contributed by atoms with van der Waals surface area (Å²) in [6.07, 6.45) is 2.29. The topological polar surface area (TPSA) is 60.4 Å². The van der Waals surface area contributed by atoms with Crippen LogP contribution in [0.15, 0.2) is 29.3 Å². The molecule has 2 aliphatic heterocycles. The Bertz CT molecular complexity index is 745. The summed E-state index contributed by atoms with van der Waals surface area (Å²) in [5, 5.41) is 3.48. The molecule has 0 bridgehead atoms. The Hall–Kier alpha value is -2.28. The number of carbonyl (C=O) groups excluding carboxylic acids is 1. The van der Waals surface area contributed by atoms with Crippen LogP contribution in [0.1, 0.15) is 25.3 Å². The number of methoxy groups -OCH3 is 1. The minimum absolute atomic E-state index is 0.0676. The van der Waals surface area contributed by atoms with Crippen molar-refractivity contribution in [2.24, 2.45) is 16.8 Å². The van der Waals surface area contributed by atoms with Crippen LogP contribution in [0.3, 0.4) is 0 Å². The second kappa shape index (κ2) is 11.4. The zero-order valence-corrected chi connectivity index (χ0v) is 19.6. The molecule has 2 saturated heterocycles. The normalized spacial score (nSPS) is 22.6. The standard InChI is InChI=1S/C24H39N5O2/c1-19-8-7-9-21(16-19)28-14-12-27(13-15-28)11-6-5-10-26-24(25-3)29-17-20(2)22(18-29)23(30)31-4/h7-9,16,20,22H,5-6,10-15,17-18H2,1-4H3,(H,25,26). The third-order valence-corrected chi connectivity index (χ3v) is 6.55. The molecule has 0 aromatic heterocycles. The van der Waals surface area contributed by atoms with Gasteiger partial charge < -0.3 is 19.9 Å². The van der Waals surface area contributed by atoms with Crippen LogP contribution in [-0.4, -0.2) is 88.2 Å². The molecule has 0 radical (unpaired) electrons. The molecular formula is C24H39N5O2. The Kier molecular flexibility index (Phi) is 8.58. The molecule has 2 heterocycles. The number of anilines is 1. The van der Waals surface area contributed by atoms with Gasteiger partial charge in [-0.1, -0.05) is 19.1 Å². The van der Waals surface area contributed by atoms with Gasteiger partial charge in [-0.3, -0.25) is 14.7 Å². The molecule has 0 spiro atoms. The Labute approximate surface area is 187 Å². The van der Waals surface area contributed by atoms with Crippen LogP contribution in [0.25, 0.3) is 0 Å². The molecule has 1 N–H and O–H groups in total. The zero-order valence-electron chi connectivity index (χ0n) is 19.6. The number of aryl methyl sites for hydroxylation is 1. The zero-order chi connectivity index (χ0) is 22.2. The van der Waals surface area contributed by atoms with E-state index < -0.39 is 0 Å². The van der Waals surface area contributed by atoms with E-state index in [0.717, 1.165) is 58.2 Å². The molecule has 7 nitrogen and oxygen atoms in total. The third-order valence-electron chi connectivity index (χ3n) is 6.55. The van der Waals surface area contributed by atoms with Crippen LogP contribution >= 0.6 is 0 Å². The molecule has 0 aliphatic carbocycles. The fraction of sp³-hybridized carbons (Fsp3) is 0.667. The molecule has 0 amide bonds. The van der Waals surface area contributed by atoms with Crippen molar-refractivity contribution < 1.29 is 9.53 Å².